The zero-order valence-electron chi connectivity index (χ0n) is 16.5. The van der Waals surface area contributed by atoms with Gasteiger partial charge in [-0.25, -0.2) is 9.97 Å². The first kappa shape index (κ1) is 19.2. The van der Waals surface area contributed by atoms with Gasteiger partial charge in [0.05, 0.1) is 17.0 Å². The Morgan fingerprint density at radius 3 is 2.66 bits per heavy atom. The highest BCUT2D eigenvalue weighted by Gasteiger charge is 2.19. The average molecular weight is 404 g/mol. The molecule has 0 aliphatic heterocycles. The molecule has 0 bridgehead atoms. The van der Waals surface area contributed by atoms with Crippen molar-refractivity contribution in [2.24, 2.45) is 0 Å². The number of para-hydroxylation sites is 1. The van der Waals surface area contributed by atoms with Crippen LogP contribution in [0.3, 0.4) is 0 Å². The van der Waals surface area contributed by atoms with Crippen molar-refractivity contribution < 1.29 is 9.21 Å². The number of aromatic nitrogens is 2. The first-order chi connectivity index (χ1) is 14.0. The van der Waals surface area contributed by atoms with Crippen LogP contribution in [-0.4, -0.2) is 21.1 Å². The molecule has 0 saturated heterocycles. The molecule has 0 aliphatic rings. The van der Waals surface area contributed by atoms with Crippen LogP contribution in [0.2, 0.25) is 0 Å². The molecule has 2 heterocycles. The maximum absolute atomic E-state index is 12.8. The molecule has 1 unspecified atom stereocenters. The fourth-order valence-electron chi connectivity index (χ4n) is 3.06. The third kappa shape index (κ3) is 4.17. The molecule has 0 spiro atoms. The number of thioether (sulfide) groups is 1. The first-order valence-electron chi connectivity index (χ1n) is 9.36. The van der Waals surface area contributed by atoms with Gasteiger partial charge in [0.2, 0.25) is 5.91 Å². The van der Waals surface area contributed by atoms with E-state index in [9.17, 15) is 4.79 Å². The topological polar surface area (TPSA) is 68.0 Å². The number of rotatable bonds is 5. The fourth-order valence-corrected chi connectivity index (χ4v) is 4.00. The molecule has 6 heteroatoms. The van der Waals surface area contributed by atoms with E-state index in [1.807, 2.05) is 63.2 Å². The number of furan rings is 1. The zero-order chi connectivity index (χ0) is 20.4. The monoisotopic (exact) mass is 403 g/mol. The van der Waals surface area contributed by atoms with Gasteiger partial charge in [-0.15, -0.1) is 0 Å². The van der Waals surface area contributed by atoms with Gasteiger partial charge in [-0.05, 0) is 50.6 Å². The maximum atomic E-state index is 12.8. The normalized spacial score (nSPS) is 12.1. The van der Waals surface area contributed by atoms with Gasteiger partial charge in [0.15, 0.2) is 11.6 Å². The predicted molar refractivity (Wildman–Crippen MR) is 117 cm³/mol. The van der Waals surface area contributed by atoms with Crippen molar-refractivity contribution in [1.29, 1.82) is 0 Å². The molecule has 0 saturated carbocycles. The van der Waals surface area contributed by atoms with Crippen LogP contribution in [0.4, 0.5) is 5.69 Å². The van der Waals surface area contributed by atoms with Crippen LogP contribution in [-0.2, 0) is 4.79 Å². The predicted octanol–water partition coefficient (Wildman–Crippen LogP) is 5.63. The van der Waals surface area contributed by atoms with E-state index in [0.717, 1.165) is 27.2 Å². The van der Waals surface area contributed by atoms with Crippen molar-refractivity contribution in [3.8, 4) is 11.6 Å². The number of anilines is 1. The van der Waals surface area contributed by atoms with Crippen molar-refractivity contribution >= 4 is 34.3 Å². The summed E-state index contributed by atoms with van der Waals surface area (Å²) in [6.45, 7) is 5.91. The number of nitrogens with zero attached hydrogens (tertiary/aromatic N) is 2. The fraction of sp³-hybridized carbons (Fsp3) is 0.174. The molecular formula is C23H21N3O2S. The molecule has 1 N–H and O–H groups in total. The molecule has 2 aromatic carbocycles. The summed E-state index contributed by atoms with van der Waals surface area (Å²) in [5, 5.41) is 4.36. The Balaban J connectivity index is 1.61. The lowest BCUT2D eigenvalue weighted by Crippen LogP contribution is -2.23. The van der Waals surface area contributed by atoms with Gasteiger partial charge >= 0.3 is 0 Å². The molecule has 0 fully saturated rings. The van der Waals surface area contributed by atoms with Gasteiger partial charge in [0.25, 0.3) is 0 Å². The van der Waals surface area contributed by atoms with E-state index >= 15 is 0 Å². The highest BCUT2D eigenvalue weighted by atomic mass is 32.2. The van der Waals surface area contributed by atoms with Gasteiger partial charge in [-0.2, -0.15) is 0 Å². The molecule has 1 atom stereocenters. The van der Waals surface area contributed by atoms with Gasteiger partial charge < -0.3 is 9.73 Å². The summed E-state index contributed by atoms with van der Waals surface area (Å²) in [4.78, 5) is 22.1. The summed E-state index contributed by atoms with van der Waals surface area (Å²) in [7, 11) is 0. The van der Waals surface area contributed by atoms with Crippen LogP contribution in [0.25, 0.3) is 22.5 Å². The number of amides is 1. The molecule has 29 heavy (non-hydrogen) atoms. The van der Waals surface area contributed by atoms with E-state index in [0.29, 0.717) is 11.6 Å². The second-order valence-electron chi connectivity index (χ2n) is 6.91. The number of nitrogens with one attached hydrogen (secondary N) is 1. The molecule has 5 nitrogen and oxygen atoms in total. The minimum absolute atomic E-state index is 0.0656. The Hall–Kier alpha value is -3.12. The quantitative estimate of drug-likeness (QED) is 0.346. The molecule has 1 amide bonds. The Morgan fingerprint density at radius 2 is 1.90 bits per heavy atom. The number of fused-ring (bicyclic) bond motifs is 1. The molecule has 146 valence electrons. The third-order valence-electron chi connectivity index (χ3n) is 4.61. The largest absolute Gasteiger partial charge is 0.461 e. The van der Waals surface area contributed by atoms with Crippen LogP contribution in [0.15, 0.2) is 70.3 Å². The Kier molecular flexibility index (Phi) is 5.36. The Labute approximate surface area is 173 Å². The van der Waals surface area contributed by atoms with Crippen LogP contribution < -0.4 is 5.32 Å². The summed E-state index contributed by atoms with van der Waals surface area (Å²) in [6.07, 6.45) is 1.60. The smallest absolute Gasteiger partial charge is 0.237 e. The van der Waals surface area contributed by atoms with Gasteiger partial charge in [-0.3, -0.25) is 4.79 Å². The van der Waals surface area contributed by atoms with Crippen LogP contribution in [0, 0.1) is 13.8 Å². The summed E-state index contributed by atoms with van der Waals surface area (Å²) in [6, 6.07) is 17.4. The van der Waals surface area contributed by atoms with Gasteiger partial charge in [0.1, 0.15) is 5.03 Å². The van der Waals surface area contributed by atoms with Gasteiger partial charge in [-0.1, -0.05) is 47.7 Å². The summed E-state index contributed by atoms with van der Waals surface area (Å²) in [5.74, 6) is 1.05. The SMILES string of the molecule is Cc1ccc(NC(=O)C(C)Sc2nc(-c3ccco3)nc3ccccc23)c(C)c1. The minimum atomic E-state index is -0.335. The molecule has 4 aromatic rings. The van der Waals surface area contributed by atoms with E-state index in [1.165, 1.54) is 17.3 Å². The molecule has 0 aliphatic carbocycles. The molecule has 0 radical (unpaired) electrons. The Morgan fingerprint density at radius 1 is 1.07 bits per heavy atom. The average Bonchev–Trinajstić information content (AvgIpc) is 3.25. The molecular weight excluding hydrogens is 382 g/mol. The number of hydrogen-bond donors (Lipinski definition) is 1. The van der Waals surface area contributed by atoms with E-state index in [4.69, 9.17) is 4.42 Å². The first-order valence-corrected chi connectivity index (χ1v) is 10.2. The maximum Gasteiger partial charge on any atom is 0.237 e. The van der Waals surface area contributed by atoms with E-state index in [1.54, 1.807) is 12.3 Å². The highest BCUT2D eigenvalue weighted by molar-refractivity contribution is 8.00. The summed E-state index contributed by atoms with van der Waals surface area (Å²) >= 11 is 1.42. The number of hydrogen-bond acceptors (Lipinski definition) is 5. The standard InChI is InChI=1S/C23H21N3O2S/c1-14-10-11-18(15(2)13-14)25-22(27)16(3)29-23-17-7-4-5-8-19(17)24-21(26-23)20-9-6-12-28-20/h4-13,16H,1-3H3,(H,25,27). The van der Waals surface area contributed by atoms with Crippen LogP contribution >= 0.6 is 11.8 Å². The van der Waals surface area contributed by atoms with Crippen molar-refractivity contribution in [1.82, 2.24) is 9.97 Å². The van der Waals surface area contributed by atoms with E-state index in [-0.39, 0.29) is 11.2 Å². The number of aryl methyl sites for hydroxylation is 2. The molecule has 4 rings (SSSR count). The van der Waals surface area contributed by atoms with Crippen LogP contribution in [0.5, 0.6) is 0 Å². The number of carbonyl (C=O) groups excluding carboxylic acids is 1. The van der Waals surface area contributed by atoms with Crippen molar-refractivity contribution in [2.45, 2.75) is 31.0 Å². The lowest BCUT2D eigenvalue weighted by atomic mass is 10.1. The van der Waals surface area contributed by atoms with E-state index in [2.05, 4.69) is 21.4 Å². The van der Waals surface area contributed by atoms with Gasteiger partial charge in [0, 0.05) is 11.1 Å². The molecule has 2 aromatic heterocycles. The number of benzene rings is 2. The van der Waals surface area contributed by atoms with Crippen molar-refractivity contribution in [2.75, 3.05) is 5.32 Å². The second-order valence-corrected chi connectivity index (χ2v) is 8.24. The summed E-state index contributed by atoms with van der Waals surface area (Å²) in [5.41, 5.74) is 3.86. The third-order valence-corrected chi connectivity index (χ3v) is 5.71. The lowest BCUT2D eigenvalue weighted by Gasteiger charge is -2.15. The Bertz CT molecular complexity index is 1170. The van der Waals surface area contributed by atoms with E-state index < -0.39 is 0 Å². The second kappa shape index (κ2) is 8.09. The van der Waals surface area contributed by atoms with Crippen molar-refractivity contribution in [3.63, 3.8) is 0 Å². The van der Waals surface area contributed by atoms with Crippen LogP contribution in [0.1, 0.15) is 18.1 Å². The van der Waals surface area contributed by atoms with Crippen molar-refractivity contribution in [3.05, 3.63) is 72.0 Å². The zero-order valence-corrected chi connectivity index (χ0v) is 17.3. The lowest BCUT2D eigenvalue weighted by molar-refractivity contribution is -0.115. The highest BCUT2D eigenvalue weighted by Crippen LogP contribution is 2.31. The minimum Gasteiger partial charge on any atom is -0.461 e. The number of carbonyl (C=O) groups is 1. The summed E-state index contributed by atoms with van der Waals surface area (Å²) < 4.78 is 5.46.